The molecule has 12 heteroatoms. The Balaban J connectivity index is 1.46. The molecule has 0 unspecified atom stereocenters. The van der Waals surface area contributed by atoms with Gasteiger partial charge in [-0.05, 0) is 48.9 Å². The number of amides is 3. The molecule has 3 aromatic carbocycles. The molecule has 8 nitrogen and oxygen atoms in total. The first-order valence-electron chi connectivity index (χ1n) is 11.2. The van der Waals surface area contributed by atoms with Crippen LogP contribution in [-0.4, -0.2) is 39.7 Å². The van der Waals surface area contributed by atoms with Gasteiger partial charge in [0.15, 0.2) is 11.6 Å². The molecule has 37 heavy (non-hydrogen) atoms. The average Bonchev–Trinajstić information content (AvgIpc) is 3.20. The van der Waals surface area contributed by atoms with E-state index in [4.69, 9.17) is 11.6 Å². The molecule has 0 spiro atoms. The van der Waals surface area contributed by atoms with E-state index in [9.17, 15) is 18.0 Å². The molecule has 4 rings (SSSR count). The molecule has 1 saturated heterocycles. The van der Waals surface area contributed by atoms with Crippen LogP contribution < -0.4 is 20.3 Å². The van der Waals surface area contributed by atoms with E-state index in [0.717, 1.165) is 11.2 Å². The molecule has 1 atom stereocenters. The molecule has 1 fully saturated rings. The standard InChI is InChI=1S/C25H23ClF2N4O4S/c1-37(35,36)31-20-5-3-2-4-18(20)19-10-11-21(23(28)22(19)27)32-13-12-15(24(32)33)14-29-25(34)30-17-8-6-16(26)7-9-17/h2-11,15,31H,12-14H2,1H3,(H2,29,30,34)/t15-/m0/s1. The lowest BCUT2D eigenvalue weighted by Gasteiger charge is -2.20. The summed E-state index contributed by atoms with van der Waals surface area (Å²) < 4.78 is 56.0. The van der Waals surface area contributed by atoms with Crippen molar-refractivity contribution in [2.45, 2.75) is 6.42 Å². The van der Waals surface area contributed by atoms with E-state index in [0.29, 0.717) is 17.1 Å². The first-order chi connectivity index (χ1) is 17.5. The number of carbonyl (C=O) groups excluding carboxylic acids is 2. The Morgan fingerprint density at radius 1 is 1.03 bits per heavy atom. The van der Waals surface area contributed by atoms with Crippen molar-refractivity contribution in [3.05, 3.63) is 77.3 Å². The Bertz CT molecular complexity index is 1450. The van der Waals surface area contributed by atoms with E-state index < -0.39 is 39.5 Å². The van der Waals surface area contributed by atoms with Crippen LogP contribution >= 0.6 is 11.6 Å². The van der Waals surface area contributed by atoms with E-state index in [1.165, 1.54) is 24.3 Å². The number of rotatable bonds is 7. The Morgan fingerprint density at radius 3 is 2.43 bits per heavy atom. The molecule has 0 bridgehead atoms. The van der Waals surface area contributed by atoms with Crippen LogP contribution in [0.2, 0.25) is 5.02 Å². The maximum absolute atomic E-state index is 15.2. The number of carbonyl (C=O) groups is 2. The fourth-order valence-corrected chi connectivity index (χ4v) is 4.76. The van der Waals surface area contributed by atoms with Crippen molar-refractivity contribution in [3.8, 4) is 11.1 Å². The van der Waals surface area contributed by atoms with Gasteiger partial charge in [-0.25, -0.2) is 22.0 Å². The van der Waals surface area contributed by atoms with Crippen LogP contribution in [0.4, 0.5) is 30.6 Å². The quantitative estimate of drug-likeness (QED) is 0.393. The monoisotopic (exact) mass is 548 g/mol. The highest BCUT2D eigenvalue weighted by atomic mass is 35.5. The zero-order valence-electron chi connectivity index (χ0n) is 19.6. The van der Waals surface area contributed by atoms with Crippen molar-refractivity contribution in [2.75, 3.05) is 34.3 Å². The van der Waals surface area contributed by atoms with E-state index in [2.05, 4.69) is 15.4 Å². The Morgan fingerprint density at radius 2 is 1.73 bits per heavy atom. The van der Waals surface area contributed by atoms with Crippen LogP contribution in [0.5, 0.6) is 0 Å². The molecule has 1 heterocycles. The predicted molar refractivity (Wildman–Crippen MR) is 139 cm³/mol. The highest BCUT2D eigenvalue weighted by Crippen LogP contribution is 2.36. The number of hydrogen-bond acceptors (Lipinski definition) is 4. The number of para-hydroxylation sites is 1. The molecule has 3 amide bonds. The number of urea groups is 1. The molecule has 0 aromatic heterocycles. The maximum atomic E-state index is 15.2. The number of sulfonamides is 1. The summed E-state index contributed by atoms with van der Waals surface area (Å²) >= 11 is 5.82. The van der Waals surface area contributed by atoms with Crippen molar-refractivity contribution in [2.24, 2.45) is 5.92 Å². The zero-order valence-corrected chi connectivity index (χ0v) is 21.2. The van der Waals surface area contributed by atoms with Gasteiger partial charge in [-0.15, -0.1) is 0 Å². The minimum atomic E-state index is -3.66. The van der Waals surface area contributed by atoms with Gasteiger partial charge in [0.05, 0.1) is 23.5 Å². The van der Waals surface area contributed by atoms with Gasteiger partial charge in [-0.3, -0.25) is 9.52 Å². The summed E-state index contributed by atoms with van der Waals surface area (Å²) in [7, 11) is -3.66. The van der Waals surface area contributed by atoms with Crippen molar-refractivity contribution < 1.29 is 26.8 Å². The third kappa shape index (κ3) is 6.17. The molecule has 0 radical (unpaired) electrons. The Kier molecular flexibility index (Phi) is 7.65. The molecule has 0 saturated carbocycles. The van der Waals surface area contributed by atoms with Gasteiger partial charge in [0.2, 0.25) is 15.9 Å². The third-order valence-corrected chi connectivity index (χ3v) is 6.64. The second-order valence-electron chi connectivity index (χ2n) is 8.50. The normalized spacial score (nSPS) is 15.5. The van der Waals surface area contributed by atoms with Gasteiger partial charge in [-0.2, -0.15) is 0 Å². The smallest absolute Gasteiger partial charge is 0.319 e. The summed E-state index contributed by atoms with van der Waals surface area (Å²) in [6, 6.07) is 14.6. The van der Waals surface area contributed by atoms with Crippen molar-refractivity contribution in [3.63, 3.8) is 0 Å². The van der Waals surface area contributed by atoms with E-state index in [-0.39, 0.29) is 35.6 Å². The van der Waals surface area contributed by atoms with E-state index in [1.54, 1.807) is 36.4 Å². The van der Waals surface area contributed by atoms with Crippen LogP contribution in [0.25, 0.3) is 11.1 Å². The van der Waals surface area contributed by atoms with Crippen LogP contribution in [-0.2, 0) is 14.8 Å². The van der Waals surface area contributed by atoms with Crippen LogP contribution in [0, 0.1) is 17.6 Å². The number of halogens is 3. The SMILES string of the molecule is CS(=O)(=O)Nc1ccccc1-c1ccc(N2CC[C@@H](CNC(=O)Nc3ccc(Cl)cc3)C2=O)c(F)c1F. The van der Waals surface area contributed by atoms with Crippen molar-refractivity contribution in [1.82, 2.24) is 5.32 Å². The Labute approximate surface area is 217 Å². The highest BCUT2D eigenvalue weighted by Gasteiger charge is 2.35. The molecule has 3 N–H and O–H groups in total. The fraction of sp³-hybridized carbons (Fsp3) is 0.200. The fourth-order valence-electron chi connectivity index (χ4n) is 4.05. The van der Waals surface area contributed by atoms with Gasteiger partial charge in [0, 0.05) is 34.9 Å². The van der Waals surface area contributed by atoms with Gasteiger partial charge >= 0.3 is 6.03 Å². The lowest BCUT2D eigenvalue weighted by atomic mass is 10.0. The maximum Gasteiger partial charge on any atom is 0.319 e. The summed E-state index contributed by atoms with van der Waals surface area (Å²) in [6.07, 6.45) is 1.29. The number of anilines is 3. The summed E-state index contributed by atoms with van der Waals surface area (Å²) in [5, 5.41) is 5.76. The van der Waals surface area contributed by atoms with Gasteiger partial charge < -0.3 is 15.5 Å². The second-order valence-corrected chi connectivity index (χ2v) is 10.7. The largest absolute Gasteiger partial charge is 0.337 e. The van der Waals surface area contributed by atoms with E-state index in [1.807, 2.05) is 0 Å². The first-order valence-corrected chi connectivity index (χ1v) is 13.5. The molecule has 1 aliphatic rings. The average molecular weight is 549 g/mol. The van der Waals surface area contributed by atoms with Crippen LogP contribution in [0.1, 0.15) is 6.42 Å². The Hall–Kier alpha value is -3.70. The zero-order chi connectivity index (χ0) is 26.7. The lowest BCUT2D eigenvalue weighted by molar-refractivity contribution is -0.120. The molecular formula is C25H23ClF2N4O4S. The van der Waals surface area contributed by atoms with Crippen LogP contribution in [0.15, 0.2) is 60.7 Å². The summed E-state index contributed by atoms with van der Waals surface area (Å²) in [6.45, 7) is 0.160. The van der Waals surface area contributed by atoms with Crippen molar-refractivity contribution in [1.29, 1.82) is 0 Å². The van der Waals surface area contributed by atoms with Crippen LogP contribution in [0.3, 0.4) is 0 Å². The molecule has 0 aliphatic carbocycles. The lowest BCUT2D eigenvalue weighted by Crippen LogP contribution is -2.37. The minimum absolute atomic E-state index is 0.0154. The van der Waals surface area contributed by atoms with Gasteiger partial charge in [-0.1, -0.05) is 29.8 Å². The first kappa shape index (κ1) is 26.4. The molecule has 1 aliphatic heterocycles. The van der Waals surface area contributed by atoms with Crippen molar-refractivity contribution >= 4 is 50.6 Å². The summed E-state index contributed by atoms with van der Waals surface area (Å²) in [4.78, 5) is 26.2. The van der Waals surface area contributed by atoms with Gasteiger partial charge in [0.1, 0.15) is 0 Å². The predicted octanol–water partition coefficient (Wildman–Crippen LogP) is 4.83. The number of benzene rings is 3. The second kappa shape index (κ2) is 10.7. The number of nitrogens with zero attached hydrogens (tertiary/aromatic N) is 1. The highest BCUT2D eigenvalue weighted by molar-refractivity contribution is 7.92. The molecule has 194 valence electrons. The van der Waals surface area contributed by atoms with Gasteiger partial charge in [0.25, 0.3) is 0 Å². The topological polar surface area (TPSA) is 108 Å². The summed E-state index contributed by atoms with van der Waals surface area (Å²) in [5.74, 6) is -3.50. The van der Waals surface area contributed by atoms with E-state index >= 15 is 8.78 Å². The molecule has 3 aromatic rings. The number of hydrogen-bond donors (Lipinski definition) is 3. The minimum Gasteiger partial charge on any atom is -0.337 e. The molecular weight excluding hydrogens is 526 g/mol. The number of nitrogens with one attached hydrogen (secondary N) is 3. The summed E-state index contributed by atoms with van der Waals surface area (Å²) in [5.41, 5.74) is 0.380. The third-order valence-electron chi connectivity index (χ3n) is 5.79.